The molecule has 0 bridgehead atoms. The molecule has 0 amide bonds. The van der Waals surface area contributed by atoms with Crippen molar-refractivity contribution in [2.45, 2.75) is 23.5 Å². The van der Waals surface area contributed by atoms with Crippen LogP contribution in [-0.4, -0.2) is 43.7 Å². The fourth-order valence-electron chi connectivity index (χ4n) is 1.64. The number of aliphatic hydroxyl groups is 1. The van der Waals surface area contributed by atoms with Gasteiger partial charge in [0.15, 0.2) is 15.6 Å². The average molecular weight is 301 g/mol. The van der Waals surface area contributed by atoms with Gasteiger partial charge in [-0.15, -0.1) is 0 Å². The van der Waals surface area contributed by atoms with E-state index < -0.39 is 39.9 Å². The fraction of sp³-hybridized carbons (Fsp3) is 0.385. The first kappa shape index (κ1) is 16.3. The van der Waals surface area contributed by atoms with Gasteiger partial charge in [-0.1, -0.05) is 18.2 Å². The molecule has 7 heteroatoms. The molecule has 1 aromatic rings. The number of ketones is 1. The van der Waals surface area contributed by atoms with E-state index in [1.54, 1.807) is 13.0 Å². The van der Waals surface area contributed by atoms with Gasteiger partial charge in [-0.3, -0.25) is 9.59 Å². The average Bonchev–Trinajstić information content (AvgIpc) is 2.45. The molecule has 0 saturated heterocycles. The largest absolute Gasteiger partial charge is 0.466 e. The Kier molecular flexibility index (Phi) is 5.84. The van der Waals surface area contributed by atoms with E-state index in [-0.39, 0.29) is 11.5 Å². The highest BCUT2D eigenvalue weighted by atomic mass is 32.2. The summed E-state index contributed by atoms with van der Waals surface area (Å²) in [6.45, 7) is 0.715. The van der Waals surface area contributed by atoms with Crippen molar-refractivity contribution in [3.05, 3.63) is 30.3 Å². The van der Waals surface area contributed by atoms with Crippen LogP contribution in [0.5, 0.6) is 0 Å². The predicted molar refractivity (Wildman–Crippen MR) is 70.8 cm³/mol. The summed E-state index contributed by atoms with van der Waals surface area (Å²) in [6, 6.07) is 7.32. The Morgan fingerprint density at radius 1 is 1.25 bits per heavy atom. The number of aliphatic hydroxyl groups excluding tert-OH is 1. The monoisotopic (exact) mass is 301 g/mol. The van der Waals surface area contributed by atoms with Gasteiger partial charge in [0.25, 0.3) is 0 Å². The second-order valence-corrected chi connectivity index (χ2v) is 6.11. The van der Waals surface area contributed by atoms with E-state index in [1.165, 1.54) is 24.3 Å². The van der Waals surface area contributed by atoms with Crippen LogP contribution in [0, 0.1) is 0 Å². The summed E-state index contributed by atoms with van der Waals surface area (Å²) in [5.41, 5.74) is 0. The highest BCUT2D eigenvalue weighted by Crippen LogP contribution is 2.19. The summed E-state index contributed by atoms with van der Waals surface area (Å²) >= 11 is 0. The van der Waals surface area contributed by atoms with E-state index in [0.717, 1.165) is 0 Å². The first-order valence-electron chi connectivity index (χ1n) is 6.01. The van der Waals surface area contributed by atoms with Crippen molar-refractivity contribution >= 4 is 21.6 Å². The first-order chi connectivity index (χ1) is 9.43. The number of hydrogen-bond acceptors (Lipinski definition) is 6. The number of hydrogen-bond donors (Lipinski definition) is 1. The Morgan fingerprint density at radius 3 is 2.35 bits per heavy atom. The first-order valence-corrected chi connectivity index (χ1v) is 7.56. The van der Waals surface area contributed by atoms with Crippen LogP contribution in [-0.2, 0) is 24.2 Å². The van der Waals surface area contributed by atoms with Gasteiger partial charge in [0, 0.05) is 0 Å². The molecule has 1 N–H and O–H groups in total. The number of esters is 1. The third-order valence-electron chi connectivity index (χ3n) is 2.62. The van der Waals surface area contributed by atoms with Crippen LogP contribution < -0.4 is 0 Å². The lowest BCUT2D eigenvalue weighted by Gasteiger charge is -2.15. The lowest BCUT2D eigenvalue weighted by molar-refractivity contribution is -0.144. The standard InChI is InChI=1S/C13H16O6S/c1-2-19-13(16)8-12(11(15)9-14)20(17,18)10-6-4-3-5-7-10/h3-7,12,14H,2,8-9H2,1H3/i12+1. The van der Waals surface area contributed by atoms with Crippen molar-refractivity contribution < 1.29 is 27.9 Å². The Hall–Kier alpha value is -1.73. The molecule has 0 aliphatic heterocycles. The van der Waals surface area contributed by atoms with E-state index in [9.17, 15) is 18.0 Å². The van der Waals surface area contributed by atoms with E-state index >= 15 is 0 Å². The predicted octanol–water partition coefficient (Wildman–Crippen LogP) is 0.343. The van der Waals surface area contributed by atoms with Crippen LogP contribution >= 0.6 is 0 Å². The maximum atomic E-state index is 12.3. The third-order valence-corrected chi connectivity index (χ3v) is 4.73. The van der Waals surface area contributed by atoms with Crippen LogP contribution in [0.2, 0.25) is 0 Å². The molecule has 20 heavy (non-hydrogen) atoms. The molecule has 0 aromatic heterocycles. The molecule has 0 spiro atoms. The van der Waals surface area contributed by atoms with Crippen molar-refractivity contribution in [1.29, 1.82) is 0 Å². The molecule has 0 aliphatic carbocycles. The lowest BCUT2D eigenvalue weighted by atomic mass is 10.4. The van der Waals surface area contributed by atoms with Crippen molar-refractivity contribution in [3.8, 4) is 0 Å². The van der Waals surface area contributed by atoms with Crippen LogP contribution in [0.1, 0.15) is 13.3 Å². The van der Waals surface area contributed by atoms with Crippen LogP contribution in [0.3, 0.4) is 0 Å². The third kappa shape index (κ3) is 3.88. The minimum absolute atomic E-state index is 0.0731. The summed E-state index contributed by atoms with van der Waals surface area (Å²) in [5, 5.41) is 7.26. The molecule has 110 valence electrons. The number of benzene rings is 1. The molecule has 1 unspecified atom stereocenters. The smallest absolute Gasteiger partial charge is 0.307 e. The Morgan fingerprint density at radius 2 is 1.85 bits per heavy atom. The molecule has 1 aromatic carbocycles. The topological polar surface area (TPSA) is 97.7 Å². The molecule has 0 aliphatic rings. The molecule has 0 radical (unpaired) electrons. The molecule has 1 rings (SSSR count). The van der Waals surface area contributed by atoms with E-state index in [1.807, 2.05) is 0 Å². The second-order valence-electron chi connectivity index (χ2n) is 3.98. The molecule has 0 heterocycles. The molecule has 6 nitrogen and oxygen atoms in total. The fourth-order valence-corrected chi connectivity index (χ4v) is 3.29. The van der Waals surface area contributed by atoms with E-state index in [0.29, 0.717) is 0 Å². The van der Waals surface area contributed by atoms with Crippen LogP contribution in [0.15, 0.2) is 35.2 Å². The maximum Gasteiger partial charge on any atom is 0.307 e. The lowest BCUT2D eigenvalue weighted by Crippen LogP contribution is -2.35. The molecule has 0 saturated carbocycles. The Labute approximate surface area is 117 Å². The number of sulfone groups is 1. The molecule has 0 fully saturated rings. The summed E-state index contributed by atoms with van der Waals surface area (Å²) in [7, 11) is -4.04. The SMILES string of the molecule is CCOC(=O)C[13CH](C(=O)CO)S(=O)(=O)c1ccccc1. The number of rotatable bonds is 7. The van der Waals surface area contributed by atoms with Gasteiger partial charge >= 0.3 is 5.97 Å². The number of Topliss-reactive ketones (excluding diaryl/α,β-unsaturated/α-hetero) is 1. The van der Waals surface area contributed by atoms with Crippen molar-refractivity contribution in [3.63, 3.8) is 0 Å². The quantitative estimate of drug-likeness (QED) is 0.576. The summed E-state index contributed by atoms with van der Waals surface area (Å²) < 4.78 is 29.3. The Balaban J connectivity index is 3.11. The minimum atomic E-state index is -4.04. The highest BCUT2D eigenvalue weighted by molar-refractivity contribution is 7.92. The molecule has 1 atom stereocenters. The number of carbonyl (C=O) groups is 2. The van der Waals surface area contributed by atoms with Gasteiger partial charge < -0.3 is 9.84 Å². The normalized spacial score (nSPS) is 12.7. The number of carbonyl (C=O) groups excluding carboxylic acids is 2. The maximum absolute atomic E-state index is 12.3. The van der Waals surface area contributed by atoms with Crippen LogP contribution in [0.25, 0.3) is 0 Å². The zero-order valence-electron chi connectivity index (χ0n) is 11.0. The van der Waals surface area contributed by atoms with Gasteiger partial charge in [-0.25, -0.2) is 8.42 Å². The zero-order valence-corrected chi connectivity index (χ0v) is 11.8. The van der Waals surface area contributed by atoms with Crippen molar-refractivity contribution in [2.75, 3.05) is 13.2 Å². The summed E-state index contributed by atoms with van der Waals surface area (Å²) in [4.78, 5) is 23.0. The second kappa shape index (κ2) is 7.16. The van der Waals surface area contributed by atoms with Crippen molar-refractivity contribution in [2.24, 2.45) is 0 Å². The van der Waals surface area contributed by atoms with Gasteiger partial charge in [0.2, 0.25) is 0 Å². The molecular formula is C13H16O6S. The van der Waals surface area contributed by atoms with Crippen LogP contribution in [0.4, 0.5) is 0 Å². The number of ether oxygens (including phenoxy) is 1. The van der Waals surface area contributed by atoms with E-state index in [2.05, 4.69) is 4.74 Å². The summed E-state index contributed by atoms with van der Waals surface area (Å²) in [5.74, 6) is -1.72. The van der Waals surface area contributed by atoms with Gasteiger partial charge in [0.1, 0.15) is 11.9 Å². The van der Waals surface area contributed by atoms with Gasteiger partial charge in [-0.05, 0) is 19.1 Å². The zero-order chi connectivity index (χ0) is 15.2. The summed E-state index contributed by atoms with van der Waals surface area (Å²) in [6.07, 6.45) is -0.607. The van der Waals surface area contributed by atoms with E-state index in [4.69, 9.17) is 5.11 Å². The molecular weight excluding hydrogens is 285 g/mol. The Bertz CT molecular complexity index is 564. The highest BCUT2D eigenvalue weighted by Gasteiger charge is 2.35. The van der Waals surface area contributed by atoms with Gasteiger partial charge in [0.05, 0.1) is 17.9 Å². The minimum Gasteiger partial charge on any atom is -0.466 e. The van der Waals surface area contributed by atoms with Gasteiger partial charge in [-0.2, -0.15) is 0 Å². The van der Waals surface area contributed by atoms with Crippen molar-refractivity contribution in [1.82, 2.24) is 0 Å².